The number of nitrogens with two attached hydrogens (primary N) is 1. The van der Waals surface area contributed by atoms with Crippen LogP contribution in [0.1, 0.15) is 29.8 Å². The Morgan fingerprint density at radius 2 is 2.11 bits per heavy atom. The normalized spacial score (nSPS) is 11.1. The van der Waals surface area contributed by atoms with Gasteiger partial charge in [0.2, 0.25) is 0 Å². The fraction of sp³-hybridized carbons (Fsp3) is 0.385. The van der Waals surface area contributed by atoms with E-state index < -0.39 is 11.2 Å². The molecule has 1 aromatic carbocycles. The Kier molecular flexibility index (Phi) is 4.40. The van der Waals surface area contributed by atoms with Crippen molar-refractivity contribution in [2.45, 2.75) is 20.8 Å². The van der Waals surface area contributed by atoms with Crippen LogP contribution in [0.4, 0.5) is 4.39 Å². The Morgan fingerprint density at radius 3 is 2.61 bits per heavy atom. The first-order valence-electron chi connectivity index (χ1n) is 5.58. The molecular weight excluding hydrogens is 251 g/mol. The molecule has 1 aromatic rings. The average molecular weight is 268 g/mol. The number of hydrogen-bond donors (Lipinski definition) is 2. The summed E-state index contributed by atoms with van der Waals surface area (Å²) in [5, 5.41) is 2.69. The molecule has 0 saturated heterocycles. The second-order valence-corrected chi connectivity index (χ2v) is 5.33. The molecule has 0 unspecified atom stereocenters. The molecule has 0 aliphatic rings. The van der Waals surface area contributed by atoms with Gasteiger partial charge in [-0.05, 0) is 24.6 Å². The van der Waals surface area contributed by atoms with E-state index in [1.807, 2.05) is 13.8 Å². The first kappa shape index (κ1) is 14.6. The van der Waals surface area contributed by atoms with Crippen LogP contribution in [0.25, 0.3) is 0 Å². The maximum absolute atomic E-state index is 13.3. The zero-order valence-corrected chi connectivity index (χ0v) is 11.5. The van der Waals surface area contributed by atoms with Gasteiger partial charge in [-0.2, -0.15) is 0 Å². The molecule has 0 heterocycles. The lowest BCUT2D eigenvalue weighted by Crippen LogP contribution is -2.41. The fourth-order valence-corrected chi connectivity index (χ4v) is 1.30. The summed E-state index contributed by atoms with van der Waals surface area (Å²) in [6, 6.07) is 4.38. The van der Waals surface area contributed by atoms with Gasteiger partial charge in [0.25, 0.3) is 5.91 Å². The number of amides is 1. The largest absolute Gasteiger partial charge is 0.393 e. The van der Waals surface area contributed by atoms with Crippen LogP contribution >= 0.6 is 12.2 Å². The second-order valence-electron chi connectivity index (χ2n) is 4.89. The summed E-state index contributed by atoms with van der Waals surface area (Å²) in [6.45, 7) is 5.64. The molecule has 1 amide bonds. The van der Waals surface area contributed by atoms with Crippen molar-refractivity contribution in [3.8, 4) is 0 Å². The van der Waals surface area contributed by atoms with Gasteiger partial charge in [-0.15, -0.1) is 0 Å². The second kappa shape index (κ2) is 5.44. The van der Waals surface area contributed by atoms with Crippen molar-refractivity contribution >= 4 is 23.1 Å². The van der Waals surface area contributed by atoms with Crippen LogP contribution in [0.3, 0.4) is 0 Å². The molecule has 3 nitrogen and oxygen atoms in total. The third-order valence-electron chi connectivity index (χ3n) is 2.79. The minimum absolute atomic E-state index is 0.289. The number of thiocarbonyl (C=S) groups is 1. The Morgan fingerprint density at radius 1 is 1.50 bits per heavy atom. The molecule has 0 spiro atoms. The summed E-state index contributed by atoms with van der Waals surface area (Å²) in [7, 11) is 0. The topological polar surface area (TPSA) is 55.1 Å². The van der Waals surface area contributed by atoms with Crippen molar-refractivity contribution in [3.63, 3.8) is 0 Å². The van der Waals surface area contributed by atoms with Crippen molar-refractivity contribution in [2.24, 2.45) is 11.1 Å². The van der Waals surface area contributed by atoms with E-state index in [1.54, 1.807) is 19.1 Å². The predicted molar refractivity (Wildman–Crippen MR) is 74.0 cm³/mol. The number of hydrogen-bond acceptors (Lipinski definition) is 2. The summed E-state index contributed by atoms with van der Waals surface area (Å²) in [4.78, 5) is 12.1. The minimum atomic E-state index is -0.464. The molecule has 0 saturated carbocycles. The first-order chi connectivity index (χ1) is 8.24. The zero-order valence-electron chi connectivity index (χ0n) is 10.7. The van der Waals surface area contributed by atoms with E-state index in [4.69, 9.17) is 18.0 Å². The van der Waals surface area contributed by atoms with Crippen LogP contribution in [-0.4, -0.2) is 17.4 Å². The summed E-state index contributed by atoms with van der Waals surface area (Å²) >= 11 is 4.90. The monoisotopic (exact) mass is 268 g/mol. The molecule has 3 N–H and O–H groups in total. The van der Waals surface area contributed by atoms with Crippen LogP contribution < -0.4 is 11.1 Å². The van der Waals surface area contributed by atoms with E-state index in [-0.39, 0.29) is 11.5 Å². The Balaban J connectivity index is 2.72. The number of rotatable bonds is 4. The lowest BCUT2D eigenvalue weighted by atomic mass is 9.93. The third-order valence-corrected chi connectivity index (χ3v) is 3.34. The lowest BCUT2D eigenvalue weighted by molar-refractivity contribution is 0.0944. The van der Waals surface area contributed by atoms with E-state index in [0.29, 0.717) is 17.1 Å². The molecule has 0 fully saturated rings. The smallest absolute Gasteiger partial charge is 0.251 e. The van der Waals surface area contributed by atoms with Gasteiger partial charge < -0.3 is 11.1 Å². The Bertz CT molecular complexity index is 486. The van der Waals surface area contributed by atoms with E-state index in [9.17, 15) is 9.18 Å². The van der Waals surface area contributed by atoms with Gasteiger partial charge in [-0.1, -0.05) is 32.1 Å². The van der Waals surface area contributed by atoms with Crippen LogP contribution in [0.2, 0.25) is 0 Å². The number of aryl methyl sites for hydroxylation is 1. The SMILES string of the molecule is Cc1ccc(C(=O)NCC(C)(C)C(N)=S)cc1F. The van der Waals surface area contributed by atoms with Crippen LogP contribution in [0.15, 0.2) is 18.2 Å². The number of carbonyl (C=O) groups is 1. The van der Waals surface area contributed by atoms with Crippen LogP contribution in [0, 0.1) is 18.2 Å². The molecule has 0 bridgehead atoms. The summed E-state index contributed by atoms with van der Waals surface area (Å²) in [5.74, 6) is -0.727. The van der Waals surface area contributed by atoms with E-state index in [1.165, 1.54) is 6.07 Å². The summed E-state index contributed by atoms with van der Waals surface area (Å²) < 4.78 is 13.3. The molecule has 18 heavy (non-hydrogen) atoms. The number of carbonyl (C=O) groups excluding carboxylic acids is 1. The van der Waals surface area contributed by atoms with Crippen LogP contribution in [-0.2, 0) is 0 Å². The van der Waals surface area contributed by atoms with Gasteiger partial charge in [0.15, 0.2) is 0 Å². The minimum Gasteiger partial charge on any atom is -0.393 e. The summed E-state index contributed by atoms with van der Waals surface area (Å²) in [6.07, 6.45) is 0. The Labute approximate surface area is 112 Å². The highest BCUT2D eigenvalue weighted by atomic mass is 32.1. The summed E-state index contributed by atoms with van der Waals surface area (Å²) in [5.41, 5.74) is 5.89. The van der Waals surface area contributed by atoms with Gasteiger partial charge in [0.1, 0.15) is 5.82 Å². The Hall–Kier alpha value is -1.49. The van der Waals surface area contributed by atoms with E-state index in [0.717, 1.165) is 0 Å². The van der Waals surface area contributed by atoms with Gasteiger partial charge >= 0.3 is 0 Å². The fourth-order valence-electron chi connectivity index (χ4n) is 1.22. The molecule has 0 atom stereocenters. The number of benzene rings is 1. The van der Waals surface area contributed by atoms with E-state index in [2.05, 4.69) is 5.32 Å². The lowest BCUT2D eigenvalue weighted by Gasteiger charge is -2.23. The molecule has 98 valence electrons. The number of halogens is 1. The van der Waals surface area contributed by atoms with Gasteiger partial charge in [0, 0.05) is 17.5 Å². The van der Waals surface area contributed by atoms with Crippen LogP contribution in [0.5, 0.6) is 0 Å². The van der Waals surface area contributed by atoms with Crippen molar-refractivity contribution in [3.05, 3.63) is 35.1 Å². The molecular formula is C13H17FN2OS. The van der Waals surface area contributed by atoms with Gasteiger partial charge in [-0.25, -0.2) is 4.39 Å². The van der Waals surface area contributed by atoms with Crippen molar-refractivity contribution < 1.29 is 9.18 Å². The molecule has 0 aromatic heterocycles. The highest BCUT2D eigenvalue weighted by Crippen LogP contribution is 2.14. The molecule has 0 aliphatic carbocycles. The number of nitrogens with one attached hydrogen (secondary N) is 1. The highest BCUT2D eigenvalue weighted by molar-refractivity contribution is 7.80. The maximum Gasteiger partial charge on any atom is 0.251 e. The van der Waals surface area contributed by atoms with Crippen molar-refractivity contribution in [1.29, 1.82) is 0 Å². The molecule has 1 rings (SSSR count). The van der Waals surface area contributed by atoms with Gasteiger partial charge in [0.05, 0.1) is 4.99 Å². The van der Waals surface area contributed by atoms with Gasteiger partial charge in [-0.3, -0.25) is 4.79 Å². The quantitative estimate of drug-likeness (QED) is 0.823. The molecule has 0 aliphatic heterocycles. The standard InChI is InChI=1S/C13H17FN2OS/c1-8-4-5-9(6-10(8)14)11(17)16-7-13(2,3)12(15)18/h4-6H,7H2,1-3H3,(H2,15,18)(H,16,17). The molecule has 5 heteroatoms. The zero-order chi connectivity index (χ0) is 13.9. The first-order valence-corrected chi connectivity index (χ1v) is 5.99. The van der Waals surface area contributed by atoms with Crippen molar-refractivity contribution in [2.75, 3.05) is 6.54 Å². The van der Waals surface area contributed by atoms with Crippen molar-refractivity contribution in [1.82, 2.24) is 5.32 Å². The predicted octanol–water partition coefficient (Wildman–Crippen LogP) is 2.18. The molecule has 0 radical (unpaired) electrons. The van der Waals surface area contributed by atoms with E-state index >= 15 is 0 Å². The average Bonchev–Trinajstić information content (AvgIpc) is 2.29. The third kappa shape index (κ3) is 3.50. The maximum atomic E-state index is 13.3. The highest BCUT2D eigenvalue weighted by Gasteiger charge is 2.22.